The lowest BCUT2D eigenvalue weighted by molar-refractivity contribution is 0.182. The molecule has 0 unspecified atom stereocenters. The second-order valence-electron chi connectivity index (χ2n) is 4.93. The van der Waals surface area contributed by atoms with E-state index in [1.54, 1.807) is 6.20 Å². The zero-order chi connectivity index (χ0) is 11.6. The summed E-state index contributed by atoms with van der Waals surface area (Å²) in [7, 11) is 0. The Bertz CT molecular complexity index is 356. The standard InChI is InChI=1S/C12H18BrClN2/c1-10-11(14)7-15-16(10)9-12(8-13)5-3-2-4-6-12/h7H,2-6,8-9H2,1H3. The van der Waals surface area contributed by atoms with Crippen LogP contribution in [0.25, 0.3) is 0 Å². The zero-order valence-electron chi connectivity index (χ0n) is 9.68. The third-order valence-electron chi connectivity index (χ3n) is 3.73. The molecule has 2 nitrogen and oxygen atoms in total. The van der Waals surface area contributed by atoms with Crippen LogP contribution in [0.4, 0.5) is 0 Å². The van der Waals surface area contributed by atoms with Crippen LogP contribution in [-0.4, -0.2) is 15.1 Å². The Labute approximate surface area is 110 Å². The van der Waals surface area contributed by atoms with Crippen LogP contribution in [0.1, 0.15) is 37.8 Å². The topological polar surface area (TPSA) is 17.8 Å². The Morgan fingerprint density at radius 3 is 2.62 bits per heavy atom. The number of alkyl halides is 1. The molecule has 2 rings (SSSR count). The highest BCUT2D eigenvalue weighted by Gasteiger charge is 2.32. The van der Waals surface area contributed by atoms with Crippen LogP contribution in [0.3, 0.4) is 0 Å². The van der Waals surface area contributed by atoms with Crippen LogP contribution >= 0.6 is 27.5 Å². The zero-order valence-corrected chi connectivity index (χ0v) is 12.0. The third kappa shape index (κ3) is 2.45. The van der Waals surface area contributed by atoms with Crippen molar-refractivity contribution >= 4 is 27.5 Å². The summed E-state index contributed by atoms with van der Waals surface area (Å²) in [6, 6.07) is 0. The third-order valence-corrected chi connectivity index (χ3v) is 5.29. The molecule has 1 saturated carbocycles. The van der Waals surface area contributed by atoms with Crippen molar-refractivity contribution in [3.05, 3.63) is 16.9 Å². The van der Waals surface area contributed by atoms with Crippen LogP contribution in [0.2, 0.25) is 5.02 Å². The predicted molar refractivity (Wildman–Crippen MR) is 71.3 cm³/mol. The number of nitrogens with zero attached hydrogens (tertiary/aromatic N) is 2. The van der Waals surface area contributed by atoms with Crippen molar-refractivity contribution in [2.75, 3.05) is 5.33 Å². The van der Waals surface area contributed by atoms with E-state index in [0.29, 0.717) is 5.41 Å². The molecule has 1 aromatic rings. The lowest BCUT2D eigenvalue weighted by Gasteiger charge is -2.35. The first-order valence-corrected chi connectivity index (χ1v) is 7.41. The van der Waals surface area contributed by atoms with E-state index in [1.807, 2.05) is 6.92 Å². The smallest absolute Gasteiger partial charge is 0.0814 e. The first-order chi connectivity index (χ1) is 7.67. The molecule has 0 saturated heterocycles. The summed E-state index contributed by atoms with van der Waals surface area (Å²) < 4.78 is 2.06. The van der Waals surface area contributed by atoms with Gasteiger partial charge >= 0.3 is 0 Å². The summed E-state index contributed by atoms with van der Waals surface area (Å²) in [6.45, 7) is 3.04. The minimum absolute atomic E-state index is 0.387. The van der Waals surface area contributed by atoms with Gasteiger partial charge in [-0.25, -0.2) is 0 Å². The minimum Gasteiger partial charge on any atom is -0.268 e. The molecule has 0 aromatic carbocycles. The Kier molecular flexibility index (Phi) is 3.96. The van der Waals surface area contributed by atoms with Crippen LogP contribution in [-0.2, 0) is 6.54 Å². The fourth-order valence-corrected chi connectivity index (χ4v) is 3.42. The maximum atomic E-state index is 6.04. The molecular weight excluding hydrogens is 288 g/mol. The number of aromatic nitrogens is 2. The summed E-state index contributed by atoms with van der Waals surface area (Å²) >= 11 is 9.72. The van der Waals surface area contributed by atoms with Crippen molar-refractivity contribution in [3.8, 4) is 0 Å². The Morgan fingerprint density at radius 2 is 2.12 bits per heavy atom. The van der Waals surface area contributed by atoms with E-state index >= 15 is 0 Å². The summed E-state index contributed by atoms with van der Waals surface area (Å²) in [6.07, 6.45) is 8.43. The fraction of sp³-hybridized carbons (Fsp3) is 0.750. The summed E-state index contributed by atoms with van der Waals surface area (Å²) in [5.41, 5.74) is 1.48. The molecule has 0 bridgehead atoms. The molecule has 1 aliphatic carbocycles. The first kappa shape index (κ1) is 12.4. The lowest BCUT2D eigenvalue weighted by Crippen LogP contribution is -2.32. The quantitative estimate of drug-likeness (QED) is 0.766. The second-order valence-corrected chi connectivity index (χ2v) is 5.90. The minimum atomic E-state index is 0.387. The van der Waals surface area contributed by atoms with Crippen molar-refractivity contribution in [3.63, 3.8) is 0 Å². The van der Waals surface area contributed by atoms with Gasteiger partial charge in [0.05, 0.1) is 16.9 Å². The molecule has 1 aliphatic rings. The van der Waals surface area contributed by atoms with E-state index in [0.717, 1.165) is 22.6 Å². The normalized spacial score (nSPS) is 19.9. The number of hydrogen-bond donors (Lipinski definition) is 0. The number of halogens is 2. The van der Waals surface area contributed by atoms with E-state index in [9.17, 15) is 0 Å². The highest BCUT2D eigenvalue weighted by Crippen LogP contribution is 2.39. The van der Waals surface area contributed by atoms with Crippen molar-refractivity contribution in [1.82, 2.24) is 9.78 Å². The summed E-state index contributed by atoms with van der Waals surface area (Å²) in [4.78, 5) is 0. The lowest BCUT2D eigenvalue weighted by atomic mass is 9.75. The molecule has 0 radical (unpaired) electrons. The van der Waals surface area contributed by atoms with E-state index in [4.69, 9.17) is 11.6 Å². The van der Waals surface area contributed by atoms with Gasteiger partial charge in [0, 0.05) is 11.9 Å². The highest BCUT2D eigenvalue weighted by molar-refractivity contribution is 9.09. The first-order valence-electron chi connectivity index (χ1n) is 5.91. The van der Waals surface area contributed by atoms with Gasteiger partial charge in [0.1, 0.15) is 0 Å². The average molecular weight is 306 g/mol. The van der Waals surface area contributed by atoms with Crippen LogP contribution in [0, 0.1) is 12.3 Å². The van der Waals surface area contributed by atoms with Gasteiger partial charge in [-0.3, -0.25) is 4.68 Å². The van der Waals surface area contributed by atoms with Crippen LogP contribution < -0.4 is 0 Å². The van der Waals surface area contributed by atoms with Crippen LogP contribution in [0.5, 0.6) is 0 Å². The van der Waals surface area contributed by atoms with Gasteiger partial charge in [-0.1, -0.05) is 46.8 Å². The predicted octanol–water partition coefficient (Wildman–Crippen LogP) is 4.19. The molecule has 0 atom stereocenters. The number of rotatable bonds is 3. The Hall–Kier alpha value is -0.0200. The molecule has 0 amide bonds. The van der Waals surface area contributed by atoms with Gasteiger partial charge in [-0.2, -0.15) is 5.10 Å². The van der Waals surface area contributed by atoms with E-state index < -0.39 is 0 Å². The molecule has 0 spiro atoms. The van der Waals surface area contributed by atoms with Gasteiger partial charge in [-0.05, 0) is 25.2 Å². The monoisotopic (exact) mass is 304 g/mol. The number of hydrogen-bond acceptors (Lipinski definition) is 1. The van der Waals surface area contributed by atoms with Gasteiger partial charge in [0.15, 0.2) is 0 Å². The molecule has 1 aromatic heterocycles. The van der Waals surface area contributed by atoms with E-state index in [1.165, 1.54) is 32.1 Å². The van der Waals surface area contributed by atoms with Crippen molar-refractivity contribution < 1.29 is 0 Å². The van der Waals surface area contributed by atoms with Gasteiger partial charge in [-0.15, -0.1) is 0 Å². The van der Waals surface area contributed by atoms with Crippen molar-refractivity contribution in [2.24, 2.45) is 5.41 Å². The van der Waals surface area contributed by atoms with Gasteiger partial charge in [0.25, 0.3) is 0 Å². The molecule has 16 heavy (non-hydrogen) atoms. The van der Waals surface area contributed by atoms with E-state index in [2.05, 4.69) is 25.7 Å². The molecule has 0 aliphatic heterocycles. The largest absolute Gasteiger partial charge is 0.268 e. The summed E-state index contributed by atoms with van der Waals surface area (Å²) in [5.74, 6) is 0. The molecule has 1 fully saturated rings. The van der Waals surface area contributed by atoms with Crippen molar-refractivity contribution in [2.45, 2.75) is 45.6 Å². The molecule has 4 heteroatoms. The SMILES string of the molecule is Cc1c(Cl)cnn1CC1(CBr)CCCCC1. The Morgan fingerprint density at radius 1 is 1.44 bits per heavy atom. The van der Waals surface area contributed by atoms with Gasteiger partial charge < -0.3 is 0 Å². The highest BCUT2D eigenvalue weighted by atomic mass is 79.9. The fourth-order valence-electron chi connectivity index (χ4n) is 2.54. The van der Waals surface area contributed by atoms with Crippen molar-refractivity contribution in [1.29, 1.82) is 0 Å². The Balaban J connectivity index is 2.14. The molecule has 1 heterocycles. The molecule has 90 valence electrons. The maximum absolute atomic E-state index is 6.04. The maximum Gasteiger partial charge on any atom is 0.0814 e. The summed E-state index contributed by atoms with van der Waals surface area (Å²) in [5, 5.41) is 6.21. The second kappa shape index (κ2) is 5.09. The van der Waals surface area contributed by atoms with E-state index in [-0.39, 0.29) is 0 Å². The van der Waals surface area contributed by atoms with Gasteiger partial charge in [0.2, 0.25) is 0 Å². The average Bonchev–Trinajstić information content (AvgIpc) is 2.62. The molecular formula is C12H18BrClN2. The molecule has 0 N–H and O–H groups in total. The van der Waals surface area contributed by atoms with Crippen LogP contribution in [0.15, 0.2) is 6.20 Å².